The van der Waals surface area contributed by atoms with Crippen LogP contribution >= 0.6 is 23.2 Å². The number of aromatic nitrogens is 1. The van der Waals surface area contributed by atoms with E-state index in [0.29, 0.717) is 15.9 Å². The minimum absolute atomic E-state index is 0.560. The number of benzene rings is 1. The molecule has 0 radical (unpaired) electrons. The Kier molecular flexibility index (Phi) is 4.22. The van der Waals surface area contributed by atoms with Gasteiger partial charge >= 0.3 is 0 Å². The highest BCUT2D eigenvalue weighted by Crippen LogP contribution is 2.39. The van der Waals surface area contributed by atoms with Gasteiger partial charge in [-0.05, 0) is 30.5 Å². The molecule has 0 aliphatic carbocycles. The maximum Gasteiger partial charge on any atom is 0.154 e. The number of hydrogen-bond donors (Lipinski definition) is 1. The first-order chi connectivity index (χ1) is 10.2. The standard InChI is InChI=1S/C16H17Cl2N3/c1-2-8-19-15-12(17)10-13(18)16(20-15)21-9-7-11-5-3-4-6-14(11)21/h3-6,10H,2,7-9H2,1H3,(H,19,20). The summed E-state index contributed by atoms with van der Waals surface area (Å²) in [5, 5.41) is 4.39. The fraction of sp³-hybridized carbons (Fsp3) is 0.312. The maximum absolute atomic E-state index is 6.37. The number of para-hydroxylation sites is 1. The van der Waals surface area contributed by atoms with E-state index in [4.69, 9.17) is 23.2 Å². The first kappa shape index (κ1) is 14.5. The van der Waals surface area contributed by atoms with Crippen molar-refractivity contribution in [2.75, 3.05) is 23.3 Å². The van der Waals surface area contributed by atoms with Crippen LogP contribution in [0.15, 0.2) is 30.3 Å². The van der Waals surface area contributed by atoms with Gasteiger partial charge in [0.15, 0.2) is 5.82 Å². The van der Waals surface area contributed by atoms with Crippen LogP contribution < -0.4 is 10.2 Å². The van der Waals surface area contributed by atoms with Gasteiger partial charge in [0.1, 0.15) is 5.82 Å². The zero-order valence-corrected chi connectivity index (χ0v) is 13.4. The van der Waals surface area contributed by atoms with E-state index in [0.717, 1.165) is 31.7 Å². The Labute approximate surface area is 134 Å². The van der Waals surface area contributed by atoms with Gasteiger partial charge < -0.3 is 10.2 Å². The van der Waals surface area contributed by atoms with E-state index in [1.54, 1.807) is 6.07 Å². The third kappa shape index (κ3) is 2.81. The van der Waals surface area contributed by atoms with E-state index >= 15 is 0 Å². The SMILES string of the molecule is CCCNc1nc(N2CCc3ccccc32)c(Cl)cc1Cl. The van der Waals surface area contributed by atoms with Crippen molar-refractivity contribution in [3.05, 3.63) is 45.9 Å². The largest absolute Gasteiger partial charge is 0.369 e. The summed E-state index contributed by atoms with van der Waals surface area (Å²) in [6.07, 6.45) is 2.02. The van der Waals surface area contributed by atoms with E-state index in [-0.39, 0.29) is 0 Å². The average molecular weight is 322 g/mol. The lowest BCUT2D eigenvalue weighted by atomic mass is 10.2. The number of fused-ring (bicyclic) bond motifs is 1. The Morgan fingerprint density at radius 1 is 1.24 bits per heavy atom. The van der Waals surface area contributed by atoms with Crippen LogP contribution in [0.3, 0.4) is 0 Å². The van der Waals surface area contributed by atoms with Crippen molar-refractivity contribution in [3.8, 4) is 0 Å². The van der Waals surface area contributed by atoms with E-state index < -0.39 is 0 Å². The van der Waals surface area contributed by atoms with Crippen molar-refractivity contribution in [2.45, 2.75) is 19.8 Å². The molecule has 0 unspecified atom stereocenters. The molecule has 5 heteroatoms. The second-order valence-electron chi connectivity index (χ2n) is 5.08. The van der Waals surface area contributed by atoms with Crippen LogP contribution in [0, 0.1) is 0 Å². The smallest absolute Gasteiger partial charge is 0.154 e. The Balaban J connectivity index is 1.99. The van der Waals surface area contributed by atoms with Crippen LogP contribution in [0.25, 0.3) is 0 Å². The molecule has 3 nitrogen and oxygen atoms in total. The normalized spacial score (nSPS) is 13.4. The van der Waals surface area contributed by atoms with Crippen LogP contribution in [-0.2, 0) is 6.42 Å². The molecule has 0 amide bonds. The lowest BCUT2D eigenvalue weighted by Crippen LogP contribution is -2.16. The number of rotatable bonds is 4. The number of anilines is 3. The molecule has 1 N–H and O–H groups in total. The van der Waals surface area contributed by atoms with E-state index in [9.17, 15) is 0 Å². The van der Waals surface area contributed by atoms with Crippen molar-refractivity contribution >= 4 is 40.5 Å². The molecule has 2 aromatic rings. The van der Waals surface area contributed by atoms with Gasteiger partial charge in [-0.1, -0.05) is 48.3 Å². The summed E-state index contributed by atoms with van der Waals surface area (Å²) in [5.41, 5.74) is 2.50. The molecule has 110 valence electrons. The van der Waals surface area contributed by atoms with E-state index in [1.165, 1.54) is 11.3 Å². The number of pyridine rings is 1. The van der Waals surface area contributed by atoms with Gasteiger partial charge in [0.05, 0.1) is 10.0 Å². The maximum atomic E-state index is 6.37. The number of nitrogens with one attached hydrogen (secondary N) is 1. The lowest BCUT2D eigenvalue weighted by Gasteiger charge is -2.21. The van der Waals surface area contributed by atoms with Crippen molar-refractivity contribution in [1.82, 2.24) is 4.98 Å². The molecule has 0 spiro atoms. The van der Waals surface area contributed by atoms with Crippen LogP contribution in [0.1, 0.15) is 18.9 Å². The van der Waals surface area contributed by atoms with E-state index in [1.807, 2.05) is 6.07 Å². The van der Waals surface area contributed by atoms with Gasteiger partial charge in [-0.25, -0.2) is 4.98 Å². The Morgan fingerprint density at radius 3 is 2.86 bits per heavy atom. The predicted molar refractivity (Wildman–Crippen MR) is 90.2 cm³/mol. The number of halogens is 2. The summed E-state index contributed by atoms with van der Waals surface area (Å²) in [6, 6.07) is 10.1. The van der Waals surface area contributed by atoms with Crippen molar-refractivity contribution in [2.24, 2.45) is 0 Å². The van der Waals surface area contributed by atoms with Gasteiger partial charge in [-0.3, -0.25) is 0 Å². The molecule has 0 saturated carbocycles. The highest BCUT2D eigenvalue weighted by molar-refractivity contribution is 6.37. The molecule has 0 saturated heterocycles. The monoisotopic (exact) mass is 321 g/mol. The van der Waals surface area contributed by atoms with Gasteiger partial charge in [-0.15, -0.1) is 0 Å². The summed E-state index contributed by atoms with van der Waals surface area (Å²) in [7, 11) is 0. The highest BCUT2D eigenvalue weighted by atomic mass is 35.5. The highest BCUT2D eigenvalue weighted by Gasteiger charge is 2.23. The van der Waals surface area contributed by atoms with Crippen molar-refractivity contribution in [1.29, 1.82) is 0 Å². The molecule has 21 heavy (non-hydrogen) atoms. The minimum Gasteiger partial charge on any atom is -0.369 e. The Hall–Kier alpha value is -1.45. The zero-order valence-electron chi connectivity index (χ0n) is 11.9. The molecule has 0 bridgehead atoms. The summed E-state index contributed by atoms with van der Waals surface area (Å²) >= 11 is 12.6. The zero-order chi connectivity index (χ0) is 14.8. The van der Waals surface area contributed by atoms with Crippen molar-refractivity contribution in [3.63, 3.8) is 0 Å². The topological polar surface area (TPSA) is 28.2 Å². The average Bonchev–Trinajstić information content (AvgIpc) is 2.90. The van der Waals surface area contributed by atoms with E-state index in [2.05, 4.69) is 40.3 Å². The van der Waals surface area contributed by atoms with Crippen LogP contribution in [0.4, 0.5) is 17.3 Å². The third-order valence-corrected chi connectivity index (χ3v) is 4.16. The summed E-state index contributed by atoms with van der Waals surface area (Å²) in [5.74, 6) is 1.46. The quantitative estimate of drug-likeness (QED) is 0.867. The summed E-state index contributed by atoms with van der Waals surface area (Å²) in [6.45, 7) is 3.83. The number of hydrogen-bond acceptors (Lipinski definition) is 3. The molecule has 2 heterocycles. The molecular formula is C16H17Cl2N3. The predicted octanol–water partition coefficient (Wildman–Crippen LogP) is 4.90. The fourth-order valence-corrected chi connectivity index (χ4v) is 3.10. The molecule has 0 fully saturated rings. The van der Waals surface area contributed by atoms with Crippen LogP contribution in [-0.4, -0.2) is 18.1 Å². The van der Waals surface area contributed by atoms with Gasteiger partial charge in [0.25, 0.3) is 0 Å². The van der Waals surface area contributed by atoms with Crippen LogP contribution in [0.2, 0.25) is 10.0 Å². The molecule has 1 aromatic carbocycles. The van der Waals surface area contributed by atoms with Gasteiger partial charge in [0.2, 0.25) is 0 Å². The second-order valence-corrected chi connectivity index (χ2v) is 5.90. The Bertz CT molecular complexity index is 658. The second kappa shape index (κ2) is 6.12. The molecular weight excluding hydrogens is 305 g/mol. The first-order valence-corrected chi connectivity index (χ1v) is 7.91. The third-order valence-electron chi connectivity index (χ3n) is 3.60. The first-order valence-electron chi connectivity index (χ1n) is 7.16. The minimum atomic E-state index is 0.560. The van der Waals surface area contributed by atoms with Crippen LogP contribution in [0.5, 0.6) is 0 Å². The lowest BCUT2D eigenvalue weighted by molar-refractivity contribution is 0.952. The molecule has 1 aliphatic rings. The molecule has 1 aliphatic heterocycles. The summed E-state index contributed by atoms with van der Waals surface area (Å²) in [4.78, 5) is 6.80. The summed E-state index contributed by atoms with van der Waals surface area (Å²) < 4.78 is 0. The van der Waals surface area contributed by atoms with Gasteiger partial charge in [0, 0.05) is 18.8 Å². The number of nitrogens with zero attached hydrogens (tertiary/aromatic N) is 2. The Morgan fingerprint density at radius 2 is 2.05 bits per heavy atom. The fourth-order valence-electron chi connectivity index (χ4n) is 2.57. The van der Waals surface area contributed by atoms with Gasteiger partial charge in [-0.2, -0.15) is 0 Å². The van der Waals surface area contributed by atoms with Crippen molar-refractivity contribution < 1.29 is 0 Å². The molecule has 3 rings (SSSR count). The molecule has 1 aromatic heterocycles. The molecule has 0 atom stereocenters.